The number of aromatic nitrogens is 2. The molecule has 0 aliphatic heterocycles. The zero-order valence-electron chi connectivity index (χ0n) is 21.5. The molecule has 0 unspecified atom stereocenters. The summed E-state index contributed by atoms with van der Waals surface area (Å²) in [6.45, 7) is 0.808. The Balaban J connectivity index is 1.29. The number of para-hydroxylation sites is 4. The number of fused-ring (bicyclic) bond motifs is 3. The van der Waals surface area contributed by atoms with Gasteiger partial charge in [0, 0.05) is 20.8 Å². The lowest BCUT2D eigenvalue weighted by atomic mass is 10.1. The van der Waals surface area contributed by atoms with Crippen molar-refractivity contribution in [3.63, 3.8) is 0 Å². The van der Waals surface area contributed by atoms with Crippen LogP contribution in [0.4, 0.5) is 0 Å². The van der Waals surface area contributed by atoms with E-state index in [4.69, 9.17) is 8.83 Å². The normalized spacial score (nSPS) is 11.4. The maximum atomic E-state index is 13.1. The van der Waals surface area contributed by atoms with E-state index in [1.54, 1.807) is 0 Å². The van der Waals surface area contributed by atoms with Crippen LogP contribution in [0.1, 0.15) is 21.9 Å². The van der Waals surface area contributed by atoms with Gasteiger partial charge in [-0.1, -0.05) is 76.6 Å². The van der Waals surface area contributed by atoms with Crippen LogP contribution in [0.2, 0.25) is 0 Å². The van der Waals surface area contributed by atoms with E-state index in [0.717, 1.165) is 54.5 Å². The Hall–Kier alpha value is -4.68. The fourth-order valence-corrected chi connectivity index (χ4v) is 5.40. The number of nitrogens with zero attached hydrogens (tertiary/aromatic N) is 2. The predicted molar refractivity (Wildman–Crippen MR) is 160 cm³/mol. The van der Waals surface area contributed by atoms with Gasteiger partial charge in [-0.3, -0.25) is 4.79 Å². The van der Waals surface area contributed by atoms with E-state index in [1.807, 2.05) is 102 Å². The Bertz CT molecular complexity index is 1900. The summed E-state index contributed by atoms with van der Waals surface area (Å²) in [5.74, 6) is 1.55. The van der Waals surface area contributed by atoms with Crippen molar-refractivity contribution in [2.45, 2.75) is 13.1 Å². The molecule has 0 saturated carbocycles. The van der Waals surface area contributed by atoms with Gasteiger partial charge >= 0.3 is 0 Å². The molecule has 4 aromatic carbocycles. The quantitative estimate of drug-likeness (QED) is 0.139. The van der Waals surface area contributed by atoms with Crippen LogP contribution in [0.25, 0.3) is 38.5 Å². The number of benzene rings is 4. The van der Waals surface area contributed by atoms with Crippen LogP contribution in [-0.2, 0) is 13.1 Å². The first-order valence-electron chi connectivity index (χ1n) is 13.1. The van der Waals surface area contributed by atoms with Crippen molar-refractivity contribution in [2.24, 2.45) is 0 Å². The van der Waals surface area contributed by atoms with E-state index in [2.05, 4.69) is 44.8 Å². The number of furan rings is 2. The molecule has 3 heterocycles. The summed E-state index contributed by atoms with van der Waals surface area (Å²) in [5.41, 5.74) is 5.25. The number of imidazole rings is 1. The van der Waals surface area contributed by atoms with Crippen molar-refractivity contribution in [3.05, 3.63) is 143 Å². The Morgan fingerprint density at radius 3 is 2.02 bits per heavy atom. The van der Waals surface area contributed by atoms with E-state index in [9.17, 15) is 4.79 Å². The van der Waals surface area contributed by atoms with Gasteiger partial charge < -0.3 is 8.83 Å². The molecule has 0 atom stereocenters. The van der Waals surface area contributed by atoms with Gasteiger partial charge in [0.15, 0.2) is 17.6 Å². The highest BCUT2D eigenvalue weighted by molar-refractivity contribution is 9.10. The zero-order valence-corrected chi connectivity index (χ0v) is 23.0. The van der Waals surface area contributed by atoms with Crippen molar-refractivity contribution in [1.82, 2.24) is 4.57 Å². The van der Waals surface area contributed by atoms with E-state index >= 15 is 0 Å². The summed E-state index contributed by atoms with van der Waals surface area (Å²) in [7, 11) is 0. The van der Waals surface area contributed by atoms with Gasteiger partial charge in [0.1, 0.15) is 29.2 Å². The molecule has 0 aliphatic rings. The van der Waals surface area contributed by atoms with Crippen LogP contribution in [0, 0.1) is 0 Å². The second-order valence-corrected chi connectivity index (χ2v) is 10.6. The summed E-state index contributed by atoms with van der Waals surface area (Å²) < 4.78 is 17.7. The number of rotatable bonds is 7. The van der Waals surface area contributed by atoms with Gasteiger partial charge in [-0.15, -0.1) is 0 Å². The summed E-state index contributed by atoms with van der Waals surface area (Å²) in [5, 5.41) is 2.07. The molecule has 3 aromatic heterocycles. The van der Waals surface area contributed by atoms with E-state index in [1.165, 1.54) is 0 Å². The minimum atomic E-state index is 0.0567. The number of Topliss-reactive ketones (excluding diaryl/α,β-unsaturated/α-hetero) is 1. The first-order valence-corrected chi connectivity index (χ1v) is 13.9. The van der Waals surface area contributed by atoms with Gasteiger partial charge in [0.2, 0.25) is 12.1 Å². The second kappa shape index (κ2) is 10.1. The number of halogens is 1. The summed E-state index contributed by atoms with van der Waals surface area (Å²) in [6.07, 6.45) is 4.13. The number of hydrogen-bond donors (Lipinski definition) is 0. The molecule has 194 valence electrons. The van der Waals surface area contributed by atoms with Crippen molar-refractivity contribution < 1.29 is 18.2 Å². The first-order chi connectivity index (χ1) is 19.6. The van der Waals surface area contributed by atoms with Gasteiger partial charge in [-0.25, -0.2) is 9.13 Å². The van der Waals surface area contributed by atoms with Gasteiger partial charge in [0.25, 0.3) is 0 Å². The minimum Gasteiger partial charge on any atom is -0.456 e. The molecule has 7 aromatic rings. The average molecular weight is 588 g/mol. The topological polar surface area (TPSA) is 52.2 Å². The highest BCUT2D eigenvalue weighted by Gasteiger charge is 2.20. The molecule has 0 N–H and O–H groups in total. The summed E-state index contributed by atoms with van der Waals surface area (Å²) in [4.78, 5) is 13.1. The minimum absolute atomic E-state index is 0.0567. The molecule has 0 saturated heterocycles. The number of carbonyl (C=O) groups excluding carboxylic acids is 1. The van der Waals surface area contributed by atoms with Crippen LogP contribution in [0.5, 0.6) is 0 Å². The van der Waals surface area contributed by atoms with E-state index < -0.39 is 0 Å². The molecule has 5 nitrogen and oxygen atoms in total. The maximum absolute atomic E-state index is 13.1. The smallest absolute Gasteiger partial charge is 0.245 e. The third kappa shape index (κ3) is 4.56. The summed E-state index contributed by atoms with van der Waals surface area (Å²) >= 11 is 3.44. The highest BCUT2D eigenvalue weighted by Crippen LogP contribution is 2.33. The first kappa shape index (κ1) is 24.4. The Kier molecular flexibility index (Phi) is 6.17. The van der Waals surface area contributed by atoms with Crippen LogP contribution < -0.4 is 4.57 Å². The molecule has 0 aliphatic carbocycles. The Labute approximate surface area is 238 Å². The van der Waals surface area contributed by atoms with Gasteiger partial charge in [-0.2, -0.15) is 0 Å². The summed E-state index contributed by atoms with van der Waals surface area (Å²) in [6, 6.07) is 35.7. The number of hydrogen-bond acceptors (Lipinski definition) is 3. The van der Waals surface area contributed by atoms with Crippen LogP contribution in [0.15, 0.2) is 135 Å². The lowest BCUT2D eigenvalue weighted by Crippen LogP contribution is -2.36. The van der Waals surface area contributed by atoms with Crippen LogP contribution >= 0.6 is 15.9 Å². The van der Waals surface area contributed by atoms with Crippen molar-refractivity contribution in [2.75, 3.05) is 0 Å². The van der Waals surface area contributed by atoms with E-state index in [-0.39, 0.29) is 12.3 Å². The van der Waals surface area contributed by atoms with E-state index in [0.29, 0.717) is 12.1 Å². The highest BCUT2D eigenvalue weighted by atomic mass is 79.9. The fourth-order valence-electron chi connectivity index (χ4n) is 5.14. The molecule has 0 bridgehead atoms. The second-order valence-electron chi connectivity index (χ2n) is 9.73. The van der Waals surface area contributed by atoms with Crippen molar-refractivity contribution in [3.8, 4) is 0 Å². The van der Waals surface area contributed by atoms with Crippen molar-refractivity contribution in [1.29, 1.82) is 0 Å². The molecular weight excluding hydrogens is 564 g/mol. The van der Waals surface area contributed by atoms with Gasteiger partial charge in [-0.05, 0) is 54.6 Å². The average Bonchev–Trinajstić information content (AvgIpc) is 3.69. The van der Waals surface area contributed by atoms with Crippen LogP contribution in [0.3, 0.4) is 0 Å². The lowest BCUT2D eigenvalue weighted by molar-refractivity contribution is -0.657. The Morgan fingerprint density at radius 1 is 0.775 bits per heavy atom. The zero-order chi connectivity index (χ0) is 27.1. The fraction of sp³-hybridized carbons (Fsp3) is 0.0588. The van der Waals surface area contributed by atoms with Gasteiger partial charge in [0.05, 0.1) is 5.57 Å². The number of allylic oxidation sites excluding steroid dienone is 1. The van der Waals surface area contributed by atoms with Crippen LogP contribution in [-0.4, -0.2) is 10.4 Å². The Morgan fingerprint density at radius 2 is 1.38 bits per heavy atom. The standard InChI is InChI=1S/C34H24BrN2O3/c35-26-15-13-23(14-16-26)30(38)21-37-22-36(28-9-3-4-10-29(28)37)18-17-27(33-19-24-7-1-5-11-31(24)39-33)34-20-25-8-2-6-12-32(25)40-34/h1-17,19-20,22H,18,21H2/q+1. The third-order valence-electron chi connectivity index (χ3n) is 7.13. The monoisotopic (exact) mass is 587 g/mol. The molecule has 0 spiro atoms. The lowest BCUT2D eigenvalue weighted by Gasteiger charge is -2.01. The molecule has 0 fully saturated rings. The largest absolute Gasteiger partial charge is 0.456 e. The molecule has 0 radical (unpaired) electrons. The maximum Gasteiger partial charge on any atom is 0.245 e. The number of carbonyl (C=O) groups is 1. The molecule has 6 heteroatoms. The predicted octanol–water partition coefficient (Wildman–Crippen LogP) is 8.20. The van der Waals surface area contributed by atoms with Crippen molar-refractivity contribution >= 4 is 60.3 Å². The molecule has 0 amide bonds. The third-order valence-corrected chi connectivity index (χ3v) is 7.66. The number of ketones is 1. The molecule has 7 rings (SSSR count). The molecular formula is C34H24BrN2O3+. The SMILES string of the molecule is O=C(C[n+]1cn(CC=C(c2cc3ccccc3o2)c2cc3ccccc3o2)c2ccccc21)c1ccc(Br)cc1. The molecule has 40 heavy (non-hydrogen) atoms.